The van der Waals surface area contributed by atoms with E-state index in [0.29, 0.717) is 6.04 Å². The molecule has 0 spiro atoms. The molecule has 2 heterocycles. The van der Waals surface area contributed by atoms with Crippen LogP contribution in [0.1, 0.15) is 48.2 Å². The maximum absolute atomic E-state index is 4.30. The molecule has 0 fully saturated rings. The lowest BCUT2D eigenvalue weighted by molar-refractivity contribution is 0.534. The first-order valence-corrected chi connectivity index (χ1v) is 9.46. The van der Waals surface area contributed by atoms with E-state index in [2.05, 4.69) is 56.1 Å². The highest BCUT2D eigenvalue weighted by molar-refractivity contribution is 9.10. The monoisotopic (exact) mass is 373 g/mol. The van der Waals surface area contributed by atoms with E-state index in [1.54, 1.807) is 22.9 Å². The molecule has 1 unspecified atom stereocenters. The molecule has 20 heavy (non-hydrogen) atoms. The normalized spacial score (nSPS) is 12.8. The van der Waals surface area contributed by atoms with Crippen molar-refractivity contribution in [3.8, 4) is 0 Å². The number of nitrogens with zero attached hydrogens (tertiary/aromatic N) is 2. The van der Waals surface area contributed by atoms with Gasteiger partial charge in [-0.05, 0) is 52.9 Å². The molecule has 1 N–H and O–H groups in total. The summed E-state index contributed by atoms with van der Waals surface area (Å²) in [4.78, 5) is 2.70. The molecule has 6 heteroatoms. The second-order valence-corrected chi connectivity index (χ2v) is 7.47. The summed E-state index contributed by atoms with van der Waals surface area (Å²) in [6.07, 6.45) is 4.28. The summed E-state index contributed by atoms with van der Waals surface area (Å²) in [6.45, 7) is 5.42. The standard InChI is InChI=1S/C14H20BrN3S2/c1-3-5-12-14(20-18-17-12)13(16-6-4-2)8-11-7-10(15)9-19-11/h7,9,13,16H,3-6,8H2,1-2H3. The number of aryl methyl sites for hydroxylation is 1. The fourth-order valence-electron chi connectivity index (χ4n) is 2.13. The number of rotatable bonds is 8. The second kappa shape index (κ2) is 8.22. The lowest BCUT2D eigenvalue weighted by Crippen LogP contribution is -2.24. The first-order valence-electron chi connectivity index (χ1n) is 7.02. The first kappa shape index (κ1) is 16.1. The summed E-state index contributed by atoms with van der Waals surface area (Å²) >= 11 is 6.88. The molecule has 0 bridgehead atoms. The third-order valence-corrected chi connectivity index (χ3v) is 5.66. The van der Waals surface area contributed by atoms with Gasteiger partial charge in [0, 0.05) is 27.2 Å². The molecule has 1 atom stereocenters. The summed E-state index contributed by atoms with van der Waals surface area (Å²) in [5.74, 6) is 0. The van der Waals surface area contributed by atoms with Crippen LogP contribution in [0, 0.1) is 0 Å². The highest BCUT2D eigenvalue weighted by Crippen LogP contribution is 2.29. The zero-order valence-corrected chi connectivity index (χ0v) is 15.1. The predicted octanol–water partition coefficient (Wildman–Crippen LogP) is 4.60. The molecule has 0 aromatic carbocycles. The highest BCUT2D eigenvalue weighted by atomic mass is 79.9. The van der Waals surface area contributed by atoms with Gasteiger partial charge in [0.15, 0.2) is 0 Å². The molecule has 0 aliphatic carbocycles. The van der Waals surface area contributed by atoms with Crippen LogP contribution in [0.2, 0.25) is 0 Å². The average Bonchev–Trinajstić information content (AvgIpc) is 3.04. The van der Waals surface area contributed by atoms with Gasteiger partial charge >= 0.3 is 0 Å². The summed E-state index contributed by atoms with van der Waals surface area (Å²) in [5, 5.41) is 10.1. The molecule has 0 radical (unpaired) electrons. The van der Waals surface area contributed by atoms with Gasteiger partial charge in [-0.2, -0.15) is 0 Å². The quantitative estimate of drug-likeness (QED) is 0.734. The second-order valence-electron chi connectivity index (χ2n) is 4.78. The SMILES string of the molecule is CCCNC(Cc1cc(Br)cs1)c1snnc1CCC. The zero-order chi connectivity index (χ0) is 14.4. The van der Waals surface area contributed by atoms with Crippen LogP contribution >= 0.6 is 38.8 Å². The van der Waals surface area contributed by atoms with Crippen molar-refractivity contribution in [1.82, 2.24) is 14.9 Å². The third kappa shape index (κ3) is 4.35. The minimum absolute atomic E-state index is 0.335. The number of hydrogen-bond donors (Lipinski definition) is 1. The van der Waals surface area contributed by atoms with E-state index in [9.17, 15) is 0 Å². The van der Waals surface area contributed by atoms with E-state index in [4.69, 9.17) is 0 Å². The Morgan fingerprint density at radius 2 is 2.20 bits per heavy atom. The molecule has 110 valence electrons. The number of aromatic nitrogens is 2. The van der Waals surface area contributed by atoms with Crippen molar-refractivity contribution in [2.24, 2.45) is 0 Å². The van der Waals surface area contributed by atoms with Crippen molar-refractivity contribution < 1.29 is 0 Å². The molecular weight excluding hydrogens is 354 g/mol. The van der Waals surface area contributed by atoms with Crippen molar-refractivity contribution in [2.45, 2.75) is 45.6 Å². The fraction of sp³-hybridized carbons (Fsp3) is 0.571. The molecule has 0 saturated carbocycles. The van der Waals surface area contributed by atoms with Crippen LogP contribution in [-0.4, -0.2) is 16.1 Å². The molecule has 2 aromatic heterocycles. The largest absolute Gasteiger partial charge is 0.309 e. The Bertz CT molecular complexity index is 524. The summed E-state index contributed by atoms with van der Waals surface area (Å²) in [7, 11) is 0. The molecule has 0 aliphatic rings. The van der Waals surface area contributed by atoms with Crippen LogP contribution in [0.15, 0.2) is 15.9 Å². The Kier molecular flexibility index (Phi) is 6.61. The van der Waals surface area contributed by atoms with E-state index in [-0.39, 0.29) is 0 Å². The van der Waals surface area contributed by atoms with Gasteiger partial charge in [0.2, 0.25) is 0 Å². The fourth-order valence-corrected chi connectivity index (χ4v) is 4.40. The van der Waals surface area contributed by atoms with Crippen molar-refractivity contribution in [3.63, 3.8) is 0 Å². The molecular formula is C14H20BrN3S2. The maximum Gasteiger partial charge on any atom is 0.0803 e. The Balaban J connectivity index is 2.15. The first-order chi connectivity index (χ1) is 9.74. The van der Waals surface area contributed by atoms with E-state index in [1.807, 2.05) is 0 Å². The summed E-state index contributed by atoms with van der Waals surface area (Å²) in [6, 6.07) is 2.54. The zero-order valence-electron chi connectivity index (χ0n) is 11.9. The van der Waals surface area contributed by atoms with Gasteiger partial charge in [-0.1, -0.05) is 24.8 Å². The van der Waals surface area contributed by atoms with Gasteiger partial charge in [-0.15, -0.1) is 16.4 Å². The Morgan fingerprint density at radius 3 is 2.85 bits per heavy atom. The molecule has 2 aromatic rings. The number of halogens is 1. The topological polar surface area (TPSA) is 37.8 Å². The summed E-state index contributed by atoms with van der Waals surface area (Å²) in [5.41, 5.74) is 1.17. The van der Waals surface area contributed by atoms with Crippen LogP contribution in [0.4, 0.5) is 0 Å². The van der Waals surface area contributed by atoms with Crippen molar-refractivity contribution in [3.05, 3.63) is 31.4 Å². The van der Waals surface area contributed by atoms with E-state index < -0.39 is 0 Å². The number of hydrogen-bond acceptors (Lipinski definition) is 5. The molecule has 2 rings (SSSR count). The van der Waals surface area contributed by atoms with Crippen LogP contribution in [0.5, 0.6) is 0 Å². The molecule has 0 saturated heterocycles. The van der Waals surface area contributed by atoms with Crippen LogP contribution in [-0.2, 0) is 12.8 Å². The van der Waals surface area contributed by atoms with E-state index in [1.165, 1.54) is 19.9 Å². The average molecular weight is 374 g/mol. The summed E-state index contributed by atoms with van der Waals surface area (Å²) < 4.78 is 5.33. The Hall–Kier alpha value is -0.300. The van der Waals surface area contributed by atoms with Crippen molar-refractivity contribution in [1.29, 1.82) is 0 Å². The Morgan fingerprint density at radius 1 is 1.35 bits per heavy atom. The maximum atomic E-state index is 4.30. The van der Waals surface area contributed by atoms with Crippen LogP contribution in [0.3, 0.4) is 0 Å². The van der Waals surface area contributed by atoms with Gasteiger partial charge in [0.05, 0.1) is 10.6 Å². The van der Waals surface area contributed by atoms with Gasteiger partial charge in [0.1, 0.15) is 0 Å². The van der Waals surface area contributed by atoms with E-state index >= 15 is 0 Å². The minimum atomic E-state index is 0.335. The van der Waals surface area contributed by atoms with Crippen molar-refractivity contribution in [2.75, 3.05) is 6.54 Å². The molecule has 0 amide bonds. The third-order valence-electron chi connectivity index (χ3n) is 3.06. The number of nitrogens with one attached hydrogen (secondary N) is 1. The molecule has 0 aliphatic heterocycles. The van der Waals surface area contributed by atoms with Gasteiger partial charge in [-0.3, -0.25) is 0 Å². The van der Waals surface area contributed by atoms with Crippen LogP contribution in [0.25, 0.3) is 0 Å². The van der Waals surface area contributed by atoms with Gasteiger partial charge in [0.25, 0.3) is 0 Å². The van der Waals surface area contributed by atoms with E-state index in [0.717, 1.165) is 32.2 Å². The Labute approximate surface area is 137 Å². The predicted molar refractivity (Wildman–Crippen MR) is 90.7 cm³/mol. The smallest absolute Gasteiger partial charge is 0.0803 e. The van der Waals surface area contributed by atoms with Crippen LogP contribution < -0.4 is 5.32 Å². The lowest BCUT2D eigenvalue weighted by atomic mass is 10.1. The van der Waals surface area contributed by atoms with Gasteiger partial charge in [-0.25, -0.2) is 0 Å². The van der Waals surface area contributed by atoms with Gasteiger partial charge < -0.3 is 5.32 Å². The minimum Gasteiger partial charge on any atom is -0.309 e. The van der Waals surface area contributed by atoms with Crippen molar-refractivity contribution >= 4 is 38.8 Å². The highest BCUT2D eigenvalue weighted by Gasteiger charge is 2.19. The lowest BCUT2D eigenvalue weighted by Gasteiger charge is -2.17. The molecule has 3 nitrogen and oxygen atoms in total. The number of thiophene rings is 1.